The standard InChI is InChI=1S/C21H23N5O3S/c1-28-16-10-14-8-9-26(18(27)12-30-21-23-20(22)24-25-21)19(13-6-4-3-5-7-13)15(14)11-17(16)29-2/h3-7,10-11,19H,8-9,12H2,1-2H3,(H3,22,23,24,25)/t19-/m1/s1. The topological polar surface area (TPSA) is 106 Å². The number of benzene rings is 2. The number of aromatic amines is 1. The smallest absolute Gasteiger partial charge is 0.233 e. The minimum atomic E-state index is -0.208. The third-order valence-electron chi connectivity index (χ3n) is 5.12. The molecule has 30 heavy (non-hydrogen) atoms. The highest BCUT2D eigenvalue weighted by molar-refractivity contribution is 7.99. The van der Waals surface area contributed by atoms with E-state index in [2.05, 4.69) is 15.2 Å². The van der Waals surface area contributed by atoms with E-state index < -0.39 is 0 Å². The fourth-order valence-electron chi connectivity index (χ4n) is 3.74. The summed E-state index contributed by atoms with van der Waals surface area (Å²) in [5.74, 6) is 1.82. The summed E-state index contributed by atoms with van der Waals surface area (Å²) in [6.07, 6.45) is 0.739. The van der Waals surface area contributed by atoms with Gasteiger partial charge in [0, 0.05) is 6.54 Å². The van der Waals surface area contributed by atoms with Crippen LogP contribution in [0, 0.1) is 0 Å². The van der Waals surface area contributed by atoms with Gasteiger partial charge in [-0.15, -0.1) is 5.10 Å². The van der Waals surface area contributed by atoms with Crippen molar-refractivity contribution < 1.29 is 14.3 Å². The van der Waals surface area contributed by atoms with Gasteiger partial charge in [-0.25, -0.2) is 5.10 Å². The predicted octanol–water partition coefficient (Wildman–Crippen LogP) is 2.67. The lowest BCUT2D eigenvalue weighted by Gasteiger charge is -2.38. The zero-order chi connectivity index (χ0) is 21.1. The molecule has 1 aromatic heterocycles. The van der Waals surface area contributed by atoms with Gasteiger partial charge in [-0.2, -0.15) is 4.98 Å². The van der Waals surface area contributed by atoms with Crippen molar-refractivity contribution in [1.29, 1.82) is 0 Å². The van der Waals surface area contributed by atoms with E-state index in [1.807, 2.05) is 47.4 Å². The number of amides is 1. The van der Waals surface area contributed by atoms with Gasteiger partial charge in [0.1, 0.15) is 0 Å². The van der Waals surface area contributed by atoms with Crippen LogP contribution in [0.4, 0.5) is 5.95 Å². The van der Waals surface area contributed by atoms with E-state index in [4.69, 9.17) is 15.2 Å². The van der Waals surface area contributed by atoms with Crippen molar-refractivity contribution >= 4 is 23.6 Å². The molecule has 1 atom stereocenters. The third kappa shape index (κ3) is 3.93. The van der Waals surface area contributed by atoms with Crippen LogP contribution in [0.1, 0.15) is 22.7 Å². The molecule has 3 aromatic rings. The fourth-order valence-corrected chi connectivity index (χ4v) is 4.43. The van der Waals surface area contributed by atoms with E-state index in [9.17, 15) is 4.79 Å². The summed E-state index contributed by atoms with van der Waals surface area (Å²) in [7, 11) is 3.25. The Kier molecular flexibility index (Phi) is 5.80. The molecule has 1 amide bonds. The maximum Gasteiger partial charge on any atom is 0.233 e. The minimum Gasteiger partial charge on any atom is -0.493 e. The van der Waals surface area contributed by atoms with Gasteiger partial charge < -0.3 is 20.1 Å². The van der Waals surface area contributed by atoms with Crippen molar-refractivity contribution in [1.82, 2.24) is 20.1 Å². The van der Waals surface area contributed by atoms with Crippen molar-refractivity contribution in [3.8, 4) is 11.5 Å². The zero-order valence-electron chi connectivity index (χ0n) is 16.8. The highest BCUT2D eigenvalue weighted by Crippen LogP contribution is 2.41. The van der Waals surface area contributed by atoms with E-state index in [1.165, 1.54) is 11.8 Å². The first kappa shape index (κ1) is 20.1. The van der Waals surface area contributed by atoms with Crippen LogP contribution >= 0.6 is 11.8 Å². The first-order chi connectivity index (χ1) is 14.6. The number of thioether (sulfide) groups is 1. The Morgan fingerprint density at radius 1 is 1.23 bits per heavy atom. The van der Waals surface area contributed by atoms with E-state index in [-0.39, 0.29) is 23.7 Å². The average Bonchev–Trinajstić information content (AvgIpc) is 3.21. The van der Waals surface area contributed by atoms with Gasteiger partial charge in [0.2, 0.25) is 17.0 Å². The van der Waals surface area contributed by atoms with Gasteiger partial charge in [-0.05, 0) is 35.2 Å². The van der Waals surface area contributed by atoms with Gasteiger partial charge in [-0.1, -0.05) is 42.1 Å². The molecule has 0 fully saturated rings. The number of anilines is 1. The maximum absolute atomic E-state index is 13.2. The number of hydrogen-bond donors (Lipinski definition) is 2. The van der Waals surface area contributed by atoms with E-state index in [0.717, 1.165) is 23.1 Å². The molecule has 1 aliphatic heterocycles. The van der Waals surface area contributed by atoms with Gasteiger partial charge in [0.25, 0.3) is 0 Å². The number of fused-ring (bicyclic) bond motifs is 1. The number of carbonyl (C=O) groups is 1. The van der Waals surface area contributed by atoms with Crippen LogP contribution in [0.15, 0.2) is 47.6 Å². The summed E-state index contributed by atoms with van der Waals surface area (Å²) in [6.45, 7) is 0.609. The van der Waals surface area contributed by atoms with Gasteiger partial charge in [0.05, 0.1) is 26.0 Å². The number of nitrogens with one attached hydrogen (secondary N) is 1. The lowest BCUT2D eigenvalue weighted by molar-refractivity contribution is -0.130. The fraction of sp³-hybridized carbons (Fsp3) is 0.286. The van der Waals surface area contributed by atoms with Crippen LogP contribution < -0.4 is 15.2 Å². The molecular formula is C21H23N5O3S. The molecule has 0 saturated carbocycles. The molecule has 0 unspecified atom stereocenters. The normalized spacial score (nSPS) is 15.5. The molecule has 2 heterocycles. The molecule has 0 spiro atoms. The highest BCUT2D eigenvalue weighted by atomic mass is 32.2. The van der Waals surface area contributed by atoms with Crippen molar-refractivity contribution in [3.05, 3.63) is 59.2 Å². The molecule has 8 nitrogen and oxygen atoms in total. The molecular weight excluding hydrogens is 402 g/mol. The second-order valence-electron chi connectivity index (χ2n) is 6.85. The van der Waals surface area contributed by atoms with Crippen molar-refractivity contribution in [2.24, 2.45) is 0 Å². The zero-order valence-corrected chi connectivity index (χ0v) is 17.6. The van der Waals surface area contributed by atoms with Crippen LogP contribution in [-0.4, -0.2) is 52.5 Å². The monoisotopic (exact) mass is 425 g/mol. The first-order valence-corrected chi connectivity index (χ1v) is 10.5. The Balaban J connectivity index is 1.68. The van der Waals surface area contributed by atoms with Crippen LogP contribution in [0.25, 0.3) is 0 Å². The van der Waals surface area contributed by atoms with E-state index >= 15 is 0 Å². The summed E-state index contributed by atoms with van der Waals surface area (Å²) in [6, 6.07) is 13.8. The SMILES string of the molecule is COc1cc2c(cc1OC)[C@@H](c1ccccc1)N(C(=O)CSc1n[nH]c(N)n1)CC2. The second kappa shape index (κ2) is 8.66. The Morgan fingerprint density at radius 2 is 1.97 bits per heavy atom. The molecule has 0 aliphatic carbocycles. The molecule has 1 aliphatic rings. The number of nitrogen functional groups attached to an aromatic ring is 1. The molecule has 4 rings (SSSR count). The molecule has 0 radical (unpaired) electrons. The Hall–Kier alpha value is -3.20. The summed E-state index contributed by atoms with van der Waals surface area (Å²) in [4.78, 5) is 19.2. The minimum absolute atomic E-state index is 0.0117. The average molecular weight is 426 g/mol. The van der Waals surface area contributed by atoms with Gasteiger partial charge >= 0.3 is 0 Å². The number of nitrogens with two attached hydrogens (primary N) is 1. The first-order valence-electron chi connectivity index (χ1n) is 9.50. The summed E-state index contributed by atoms with van der Waals surface area (Å²) in [5.41, 5.74) is 8.82. The number of ether oxygens (including phenoxy) is 2. The van der Waals surface area contributed by atoms with E-state index in [1.54, 1.807) is 14.2 Å². The van der Waals surface area contributed by atoms with Gasteiger partial charge in [-0.3, -0.25) is 4.79 Å². The van der Waals surface area contributed by atoms with Crippen molar-refractivity contribution in [3.63, 3.8) is 0 Å². The van der Waals surface area contributed by atoms with Crippen molar-refractivity contribution in [2.75, 3.05) is 32.3 Å². The second-order valence-corrected chi connectivity index (χ2v) is 7.79. The third-order valence-corrected chi connectivity index (χ3v) is 5.95. The Bertz CT molecular complexity index is 1040. The number of rotatable bonds is 6. The van der Waals surface area contributed by atoms with Crippen molar-refractivity contribution in [2.45, 2.75) is 17.6 Å². The maximum atomic E-state index is 13.2. The summed E-state index contributed by atoms with van der Waals surface area (Å²) < 4.78 is 11.0. The van der Waals surface area contributed by atoms with E-state index in [0.29, 0.717) is 23.2 Å². The summed E-state index contributed by atoms with van der Waals surface area (Å²) >= 11 is 1.27. The number of H-pyrrole nitrogens is 1. The van der Waals surface area contributed by atoms with Crippen LogP contribution in [0.2, 0.25) is 0 Å². The van der Waals surface area contributed by atoms with Crippen LogP contribution in [0.5, 0.6) is 11.5 Å². The molecule has 2 aromatic carbocycles. The Morgan fingerprint density at radius 3 is 2.63 bits per heavy atom. The molecule has 3 N–H and O–H groups in total. The molecule has 156 valence electrons. The number of carbonyl (C=O) groups excluding carboxylic acids is 1. The largest absolute Gasteiger partial charge is 0.493 e. The molecule has 0 bridgehead atoms. The number of methoxy groups -OCH3 is 2. The number of nitrogens with zero attached hydrogens (tertiary/aromatic N) is 3. The molecule has 0 saturated heterocycles. The summed E-state index contributed by atoms with van der Waals surface area (Å²) in [5, 5.41) is 7.04. The number of aromatic nitrogens is 3. The number of hydrogen-bond acceptors (Lipinski definition) is 7. The highest BCUT2D eigenvalue weighted by Gasteiger charge is 2.33. The van der Waals surface area contributed by atoms with Crippen LogP contribution in [0.3, 0.4) is 0 Å². The Labute approximate surface area is 178 Å². The quantitative estimate of drug-likeness (QED) is 0.585. The lowest BCUT2D eigenvalue weighted by Crippen LogP contribution is -2.41. The van der Waals surface area contributed by atoms with Gasteiger partial charge in [0.15, 0.2) is 11.5 Å². The lowest BCUT2D eigenvalue weighted by atomic mass is 9.87. The predicted molar refractivity (Wildman–Crippen MR) is 115 cm³/mol. The molecule has 9 heteroatoms. The van der Waals surface area contributed by atoms with Crippen LogP contribution in [-0.2, 0) is 11.2 Å².